The summed E-state index contributed by atoms with van der Waals surface area (Å²) in [5, 5.41) is 9.17. The molecule has 0 bridgehead atoms. The first-order chi connectivity index (χ1) is 9.04. The van der Waals surface area contributed by atoms with Gasteiger partial charge in [-0.05, 0) is 43.5 Å². The lowest BCUT2D eigenvalue weighted by Crippen LogP contribution is -2.41. The van der Waals surface area contributed by atoms with Crippen LogP contribution in [0.3, 0.4) is 0 Å². The summed E-state index contributed by atoms with van der Waals surface area (Å²) in [7, 11) is 0. The molecule has 1 rings (SSSR count). The summed E-state index contributed by atoms with van der Waals surface area (Å²) in [6.45, 7) is 6.35. The third kappa shape index (κ3) is 3.70. The molecule has 4 nitrogen and oxygen atoms in total. The molecule has 0 saturated heterocycles. The number of rotatable bonds is 6. The van der Waals surface area contributed by atoms with E-state index in [-0.39, 0.29) is 18.6 Å². The first-order valence-corrected chi connectivity index (χ1v) is 6.83. The summed E-state index contributed by atoms with van der Waals surface area (Å²) in [6, 6.07) is 5.47. The first kappa shape index (κ1) is 15.5. The number of aryl methyl sites for hydroxylation is 1. The van der Waals surface area contributed by atoms with Crippen molar-refractivity contribution in [3.05, 3.63) is 29.3 Å². The first-order valence-electron chi connectivity index (χ1n) is 6.83. The maximum atomic E-state index is 12.6. The van der Waals surface area contributed by atoms with Gasteiger partial charge in [0.25, 0.3) is 5.91 Å². The van der Waals surface area contributed by atoms with Crippen LogP contribution in [-0.2, 0) is 0 Å². The molecule has 0 atom stereocenters. The molecule has 0 unspecified atom stereocenters. The normalized spacial score (nSPS) is 10.8. The Labute approximate surface area is 115 Å². The van der Waals surface area contributed by atoms with Crippen molar-refractivity contribution in [2.75, 3.05) is 18.9 Å². The molecule has 106 valence electrons. The second-order valence-corrected chi connectivity index (χ2v) is 4.77. The molecule has 0 aliphatic carbocycles. The van der Waals surface area contributed by atoms with Gasteiger partial charge in [0.1, 0.15) is 0 Å². The third-order valence-electron chi connectivity index (χ3n) is 3.47. The summed E-state index contributed by atoms with van der Waals surface area (Å²) in [4.78, 5) is 14.4. The van der Waals surface area contributed by atoms with Gasteiger partial charge < -0.3 is 15.7 Å². The summed E-state index contributed by atoms with van der Waals surface area (Å²) >= 11 is 0. The van der Waals surface area contributed by atoms with Crippen LogP contribution in [0.2, 0.25) is 0 Å². The van der Waals surface area contributed by atoms with Gasteiger partial charge >= 0.3 is 0 Å². The Hall–Kier alpha value is -1.55. The van der Waals surface area contributed by atoms with E-state index in [1.807, 2.05) is 6.92 Å². The Morgan fingerprint density at radius 3 is 2.47 bits per heavy atom. The van der Waals surface area contributed by atoms with Gasteiger partial charge in [0, 0.05) is 23.8 Å². The van der Waals surface area contributed by atoms with Gasteiger partial charge in [0.05, 0.1) is 6.61 Å². The van der Waals surface area contributed by atoms with Crippen molar-refractivity contribution in [1.82, 2.24) is 4.90 Å². The Kier molecular flexibility index (Phi) is 5.83. The van der Waals surface area contributed by atoms with Crippen LogP contribution in [0.1, 0.15) is 42.6 Å². The minimum atomic E-state index is -0.0275. The minimum Gasteiger partial charge on any atom is -0.399 e. The molecule has 0 radical (unpaired) electrons. The van der Waals surface area contributed by atoms with E-state index in [4.69, 9.17) is 5.73 Å². The molecule has 0 heterocycles. The zero-order valence-corrected chi connectivity index (χ0v) is 12.0. The number of aliphatic hydroxyl groups excluding tert-OH is 1. The monoisotopic (exact) mass is 264 g/mol. The van der Waals surface area contributed by atoms with Gasteiger partial charge in [-0.15, -0.1) is 0 Å². The van der Waals surface area contributed by atoms with Gasteiger partial charge in [0.2, 0.25) is 0 Å². The lowest BCUT2D eigenvalue weighted by atomic mass is 10.0. The fraction of sp³-hybridized carbons (Fsp3) is 0.533. The van der Waals surface area contributed by atoms with Crippen LogP contribution >= 0.6 is 0 Å². The number of nitrogens with two attached hydrogens (primary N) is 1. The molecule has 1 aromatic rings. The second kappa shape index (κ2) is 7.14. The van der Waals surface area contributed by atoms with Gasteiger partial charge in [-0.2, -0.15) is 0 Å². The van der Waals surface area contributed by atoms with Crippen molar-refractivity contribution in [3.8, 4) is 0 Å². The lowest BCUT2D eigenvalue weighted by molar-refractivity contribution is 0.0621. The highest BCUT2D eigenvalue weighted by molar-refractivity contribution is 5.96. The summed E-state index contributed by atoms with van der Waals surface area (Å²) in [5.74, 6) is -0.0275. The smallest absolute Gasteiger partial charge is 0.254 e. The number of anilines is 1. The average Bonchev–Trinajstić information content (AvgIpc) is 2.38. The van der Waals surface area contributed by atoms with Gasteiger partial charge in [-0.25, -0.2) is 0 Å². The second-order valence-electron chi connectivity index (χ2n) is 4.77. The Morgan fingerprint density at radius 2 is 2.00 bits per heavy atom. The maximum Gasteiger partial charge on any atom is 0.254 e. The number of carbonyl (C=O) groups excluding carboxylic acids is 1. The minimum absolute atomic E-state index is 0.0176. The van der Waals surface area contributed by atoms with Crippen LogP contribution in [-0.4, -0.2) is 35.1 Å². The fourth-order valence-corrected chi connectivity index (χ4v) is 2.37. The van der Waals surface area contributed by atoms with E-state index < -0.39 is 0 Å². The van der Waals surface area contributed by atoms with E-state index >= 15 is 0 Å². The number of carbonyl (C=O) groups is 1. The summed E-state index contributed by atoms with van der Waals surface area (Å²) in [6.07, 6.45) is 1.77. The number of hydrogen-bond acceptors (Lipinski definition) is 3. The molecule has 1 amide bonds. The van der Waals surface area contributed by atoms with Crippen molar-refractivity contribution in [1.29, 1.82) is 0 Å². The van der Waals surface area contributed by atoms with Gasteiger partial charge in [-0.1, -0.05) is 13.8 Å². The number of hydrogen-bond donors (Lipinski definition) is 2. The van der Waals surface area contributed by atoms with E-state index in [0.29, 0.717) is 17.8 Å². The van der Waals surface area contributed by atoms with E-state index in [1.165, 1.54) is 0 Å². The predicted octanol–water partition coefficient (Wildman–Crippen LogP) is 2.20. The highest BCUT2D eigenvalue weighted by Crippen LogP contribution is 2.18. The molecular formula is C15H24N2O2. The van der Waals surface area contributed by atoms with Crippen molar-refractivity contribution in [2.45, 2.75) is 39.7 Å². The standard InChI is InChI=1S/C15H24N2O2/c1-4-13(5-2)17(8-9-18)15(19)14-7-6-12(16)10-11(14)3/h6-7,10,13,18H,4-5,8-9,16H2,1-3H3. The van der Waals surface area contributed by atoms with Gasteiger partial charge in [0.15, 0.2) is 0 Å². The zero-order valence-electron chi connectivity index (χ0n) is 12.0. The topological polar surface area (TPSA) is 66.6 Å². The van der Waals surface area contributed by atoms with Crippen molar-refractivity contribution in [3.63, 3.8) is 0 Å². The fourth-order valence-electron chi connectivity index (χ4n) is 2.37. The number of aliphatic hydroxyl groups is 1. The molecule has 1 aromatic carbocycles. The van der Waals surface area contributed by atoms with Crippen molar-refractivity contribution >= 4 is 11.6 Å². The van der Waals surface area contributed by atoms with Crippen LogP contribution in [0, 0.1) is 6.92 Å². The quantitative estimate of drug-likeness (QED) is 0.774. The highest BCUT2D eigenvalue weighted by atomic mass is 16.3. The largest absolute Gasteiger partial charge is 0.399 e. The van der Waals surface area contributed by atoms with E-state index in [2.05, 4.69) is 13.8 Å². The zero-order chi connectivity index (χ0) is 14.4. The SMILES string of the molecule is CCC(CC)N(CCO)C(=O)c1ccc(N)cc1C. The molecule has 3 N–H and O–H groups in total. The highest BCUT2D eigenvalue weighted by Gasteiger charge is 2.22. The Balaban J connectivity index is 3.04. The number of amides is 1. The molecule has 0 aromatic heterocycles. The average molecular weight is 264 g/mol. The molecule has 0 aliphatic rings. The van der Waals surface area contributed by atoms with E-state index in [1.54, 1.807) is 23.1 Å². The van der Waals surface area contributed by atoms with Crippen LogP contribution in [0.15, 0.2) is 18.2 Å². The number of benzene rings is 1. The third-order valence-corrected chi connectivity index (χ3v) is 3.47. The van der Waals surface area contributed by atoms with Crippen molar-refractivity contribution in [2.24, 2.45) is 0 Å². The molecule has 0 fully saturated rings. The van der Waals surface area contributed by atoms with Crippen LogP contribution in [0.5, 0.6) is 0 Å². The number of nitrogen functional groups attached to an aromatic ring is 1. The van der Waals surface area contributed by atoms with E-state index in [0.717, 1.165) is 18.4 Å². The molecular weight excluding hydrogens is 240 g/mol. The van der Waals surface area contributed by atoms with E-state index in [9.17, 15) is 9.90 Å². The van der Waals surface area contributed by atoms with Crippen LogP contribution in [0.4, 0.5) is 5.69 Å². The Morgan fingerprint density at radius 1 is 1.37 bits per heavy atom. The summed E-state index contributed by atoms with van der Waals surface area (Å²) in [5.41, 5.74) is 7.90. The predicted molar refractivity (Wildman–Crippen MR) is 78.1 cm³/mol. The number of nitrogens with zero attached hydrogens (tertiary/aromatic N) is 1. The van der Waals surface area contributed by atoms with Gasteiger partial charge in [-0.3, -0.25) is 4.79 Å². The molecule has 4 heteroatoms. The van der Waals surface area contributed by atoms with Crippen LogP contribution in [0.25, 0.3) is 0 Å². The maximum absolute atomic E-state index is 12.6. The Bertz CT molecular complexity index is 428. The molecule has 0 aliphatic heterocycles. The molecule has 19 heavy (non-hydrogen) atoms. The molecule has 0 saturated carbocycles. The van der Waals surface area contributed by atoms with Crippen LogP contribution < -0.4 is 5.73 Å². The lowest BCUT2D eigenvalue weighted by Gasteiger charge is -2.30. The van der Waals surface area contributed by atoms with Crippen molar-refractivity contribution < 1.29 is 9.90 Å². The molecule has 0 spiro atoms. The summed E-state index contributed by atoms with van der Waals surface area (Å²) < 4.78 is 0.